The normalized spacial score (nSPS) is 14.6. The first-order chi connectivity index (χ1) is 20.9. The van der Waals surface area contributed by atoms with E-state index in [0.29, 0.717) is 18.8 Å². The average Bonchev–Trinajstić information content (AvgIpc) is 3.03. The molecule has 0 radical (unpaired) electrons. The molecule has 1 aromatic heterocycles. The van der Waals surface area contributed by atoms with Gasteiger partial charge >= 0.3 is 6.03 Å². The molecule has 9 nitrogen and oxygen atoms in total. The zero-order chi connectivity index (χ0) is 30.3. The van der Waals surface area contributed by atoms with Crippen LogP contribution in [0.3, 0.4) is 0 Å². The van der Waals surface area contributed by atoms with Crippen LogP contribution in [-0.4, -0.2) is 64.0 Å². The molecule has 43 heavy (non-hydrogen) atoms. The lowest BCUT2D eigenvalue weighted by Gasteiger charge is -2.38. The number of pyridine rings is 1. The molecule has 226 valence electrons. The van der Waals surface area contributed by atoms with E-state index in [9.17, 15) is 4.79 Å². The highest BCUT2D eigenvalue weighted by molar-refractivity contribution is 6.00. The number of methoxy groups -OCH3 is 4. The quantitative estimate of drug-likeness (QED) is 0.226. The Morgan fingerprint density at radius 2 is 1.63 bits per heavy atom. The fourth-order valence-corrected chi connectivity index (χ4v) is 5.92. The minimum Gasteiger partial charge on any atom is -0.493 e. The minimum atomic E-state index is -0.235. The molecular weight excluding hydrogens is 544 g/mol. The van der Waals surface area contributed by atoms with Crippen molar-refractivity contribution >= 4 is 22.6 Å². The number of hydrogen-bond acceptors (Lipinski definition) is 7. The topological polar surface area (TPSA) is 94.2 Å². The number of anilines is 1. The highest BCUT2D eigenvalue weighted by Gasteiger charge is 2.29. The fourth-order valence-electron chi connectivity index (χ4n) is 5.92. The predicted octanol–water partition coefficient (Wildman–Crippen LogP) is 5.93. The zero-order valence-corrected chi connectivity index (χ0v) is 25.5. The number of aromatic nitrogens is 1. The van der Waals surface area contributed by atoms with Crippen molar-refractivity contribution in [3.05, 3.63) is 83.0 Å². The van der Waals surface area contributed by atoms with Gasteiger partial charge in [0.2, 0.25) is 0 Å². The van der Waals surface area contributed by atoms with E-state index in [1.54, 1.807) is 28.4 Å². The van der Waals surface area contributed by atoms with E-state index in [0.717, 1.165) is 65.3 Å². The maximum Gasteiger partial charge on any atom is 0.319 e. The monoisotopic (exact) mass is 584 g/mol. The number of nitrogens with zero attached hydrogens (tertiary/aromatic N) is 2. The molecule has 1 aliphatic rings. The lowest BCUT2D eigenvalue weighted by molar-refractivity contribution is 0.176. The Kier molecular flexibility index (Phi) is 9.51. The average molecular weight is 585 g/mol. The maximum absolute atomic E-state index is 13.0. The zero-order valence-electron chi connectivity index (χ0n) is 25.5. The number of fused-ring (bicyclic) bond motifs is 2. The third-order valence-electron chi connectivity index (χ3n) is 8.04. The molecule has 1 aliphatic heterocycles. The summed E-state index contributed by atoms with van der Waals surface area (Å²) in [5, 5.41) is 7.00. The van der Waals surface area contributed by atoms with Crippen LogP contribution >= 0.6 is 0 Å². The Balaban J connectivity index is 1.31. The summed E-state index contributed by atoms with van der Waals surface area (Å²) in [4.78, 5) is 20.0. The predicted molar refractivity (Wildman–Crippen MR) is 169 cm³/mol. The van der Waals surface area contributed by atoms with E-state index in [2.05, 4.69) is 38.7 Å². The number of rotatable bonds is 11. The molecule has 2 amide bonds. The number of amides is 2. The first-order valence-corrected chi connectivity index (χ1v) is 14.5. The van der Waals surface area contributed by atoms with Gasteiger partial charge in [-0.2, -0.15) is 0 Å². The summed E-state index contributed by atoms with van der Waals surface area (Å²) in [6, 6.07) is 19.9. The van der Waals surface area contributed by atoms with Gasteiger partial charge in [-0.25, -0.2) is 4.79 Å². The van der Waals surface area contributed by atoms with Crippen LogP contribution in [0.2, 0.25) is 0 Å². The van der Waals surface area contributed by atoms with E-state index in [1.807, 2.05) is 49.4 Å². The SMILES string of the molecule is COc1ccc(CCC2c3cc(OC)c(OC)cc3CCN2CCNC(=O)Nc2cc(C)nc3ccccc23)cc1OC. The number of ether oxygens (including phenoxy) is 4. The summed E-state index contributed by atoms with van der Waals surface area (Å²) in [5.74, 6) is 2.90. The number of nitrogens with one attached hydrogen (secondary N) is 2. The highest BCUT2D eigenvalue weighted by atomic mass is 16.5. The van der Waals surface area contributed by atoms with Gasteiger partial charge in [0.25, 0.3) is 0 Å². The van der Waals surface area contributed by atoms with Crippen molar-refractivity contribution in [2.45, 2.75) is 32.2 Å². The molecule has 0 fully saturated rings. The van der Waals surface area contributed by atoms with Crippen LogP contribution in [0.1, 0.15) is 34.8 Å². The molecule has 1 atom stereocenters. The number of carbonyl (C=O) groups excluding carboxylic acids is 1. The van der Waals surface area contributed by atoms with Crippen molar-refractivity contribution in [2.24, 2.45) is 0 Å². The fraction of sp³-hybridized carbons (Fsp3) is 0.353. The third kappa shape index (κ3) is 6.78. The van der Waals surface area contributed by atoms with Crippen LogP contribution in [0.5, 0.6) is 23.0 Å². The highest BCUT2D eigenvalue weighted by Crippen LogP contribution is 2.40. The summed E-state index contributed by atoms with van der Waals surface area (Å²) in [6.07, 6.45) is 2.61. The number of aryl methyl sites for hydroxylation is 2. The smallest absolute Gasteiger partial charge is 0.319 e. The van der Waals surface area contributed by atoms with Crippen molar-refractivity contribution in [3.63, 3.8) is 0 Å². The minimum absolute atomic E-state index is 0.133. The van der Waals surface area contributed by atoms with Crippen molar-refractivity contribution in [1.29, 1.82) is 0 Å². The van der Waals surface area contributed by atoms with Crippen molar-refractivity contribution in [1.82, 2.24) is 15.2 Å². The molecule has 5 rings (SSSR count). The maximum atomic E-state index is 13.0. The second-order valence-corrected chi connectivity index (χ2v) is 10.6. The van der Waals surface area contributed by atoms with E-state index in [4.69, 9.17) is 18.9 Å². The van der Waals surface area contributed by atoms with E-state index >= 15 is 0 Å². The standard InChI is InChI=1S/C34H40N4O5/c1-22-18-28(25-8-6-7-9-27(25)36-22)37-34(39)35-15-17-38-16-14-24-20-32(42-4)33(43-5)21-26(24)29(38)12-10-23-11-13-30(40-2)31(19-23)41-3/h6-9,11,13,18-21,29H,10,12,14-17H2,1-5H3,(H2,35,36,37,39). The van der Waals surface area contributed by atoms with Gasteiger partial charge < -0.3 is 29.6 Å². The Hall–Kier alpha value is -4.50. The van der Waals surface area contributed by atoms with Gasteiger partial charge in [0.05, 0.1) is 39.6 Å². The molecule has 9 heteroatoms. The van der Waals surface area contributed by atoms with Crippen molar-refractivity contribution < 1.29 is 23.7 Å². The second kappa shape index (κ2) is 13.6. The second-order valence-electron chi connectivity index (χ2n) is 10.6. The third-order valence-corrected chi connectivity index (χ3v) is 8.04. The van der Waals surface area contributed by atoms with Crippen molar-refractivity contribution in [3.8, 4) is 23.0 Å². The van der Waals surface area contributed by atoms with Crippen LogP contribution in [-0.2, 0) is 12.8 Å². The molecule has 3 aromatic carbocycles. The van der Waals surface area contributed by atoms with Crippen LogP contribution in [0.4, 0.5) is 10.5 Å². The van der Waals surface area contributed by atoms with Gasteiger partial charge in [0.1, 0.15) is 0 Å². The first-order valence-electron chi connectivity index (χ1n) is 14.5. The molecular formula is C34H40N4O5. The molecule has 4 aromatic rings. The van der Waals surface area contributed by atoms with Gasteiger partial charge in [-0.05, 0) is 79.3 Å². The molecule has 0 saturated heterocycles. The van der Waals surface area contributed by atoms with Gasteiger partial charge in [-0.3, -0.25) is 9.88 Å². The summed E-state index contributed by atoms with van der Waals surface area (Å²) < 4.78 is 22.2. The van der Waals surface area contributed by atoms with E-state index in [1.165, 1.54) is 16.7 Å². The lowest BCUT2D eigenvalue weighted by Crippen LogP contribution is -2.42. The summed E-state index contributed by atoms with van der Waals surface area (Å²) in [5.41, 5.74) is 6.12. The number of para-hydroxylation sites is 1. The van der Waals surface area contributed by atoms with Crippen LogP contribution < -0.4 is 29.6 Å². The lowest BCUT2D eigenvalue weighted by atomic mass is 9.88. The molecule has 0 aliphatic carbocycles. The molecule has 2 N–H and O–H groups in total. The Morgan fingerprint density at radius 1 is 0.907 bits per heavy atom. The van der Waals surface area contributed by atoms with Gasteiger partial charge in [0, 0.05) is 36.8 Å². The largest absolute Gasteiger partial charge is 0.493 e. The molecule has 0 saturated carbocycles. The Morgan fingerprint density at radius 3 is 2.40 bits per heavy atom. The number of carbonyl (C=O) groups is 1. The van der Waals surface area contributed by atoms with Gasteiger partial charge in [-0.15, -0.1) is 0 Å². The number of benzene rings is 3. The Labute approximate surface area is 253 Å². The molecule has 1 unspecified atom stereocenters. The van der Waals surface area contributed by atoms with Gasteiger partial charge in [0.15, 0.2) is 23.0 Å². The van der Waals surface area contributed by atoms with Crippen LogP contribution in [0.25, 0.3) is 10.9 Å². The van der Waals surface area contributed by atoms with Crippen molar-refractivity contribution in [2.75, 3.05) is 53.4 Å². The Bertz CT molecular complexity index is 1590. The first kappa shape index (κ1) is 30.0. The van der Waals surface area contributed by atoms with Crippen LogP contribution in [0.15, 0.2) is 60.7 Å². The van der Waals surface area contributed by atoms with E-state index in [-0.39, 0.29) is 12.1 Å². The summed E-state index contributed by atoms with van der Waals surface area (Å²) in [6.45, 7) is 4.00. The molecule has 2 heterocycles. The molecule has 0 bridgehead atoms. The molecule has 0 spiro atoms. The summed E-state index contributed by atoms with van der Waals surface area (Å²) >= 11 is 0. The van der Waals surface area contributed by atoms with Gasteiger partial charge in [-0.1, -0.05) is 24.3 Å². The number of urea groups is 1. The van der Waals surface area contributed by atoms with Crippen LogP contribution in [0, 0.1) is 6.92 Å². The number of hydrogen-bond donors (Lipinski definition) is 2. The summed E-state index contributed by atoms with van der Waals surface area (Å²) in [7, 11) is 6.63. The van der Waals surface area contributed by atoms with E-state index < -0.39 is 0 Å².